The first-order chi connectivity index (χ1) is 10.7. The molecule has 1 aliphatic heterocycles. The fourth-order valence-electron chi connectivity index (χ4n) is 2.93. The largest absolute Gasteiger partial charge is 0.479 e. The summed E-state index contributed by atoms with van der Waals surface area (Å²) in [7, 11) is 0. The second kappa shape index (κ2) is 6.30. The Balaban J connectivity index is 1.97. The number of nitrogens with one attached hydrogen (secondary N) is 1. The van der Waals surface area contributed by atoms with Crippen molar-refractivity contribution in [3.8, 4) is 0 Å². The Morgan fingerprint density at radius 1 is 1.00 bits per heavy atom. The van der Waals surface area contributed by atoms with Crippen LogP contribution in [0.1, 0.15) is 30.2 Å². The normalized spacial score (nSPS) is 28.2. The first kappa shape index (κ1) is 14.8. The quantitative estimate of drug-likeness (QED) is 0.914. The summed E-state index contributed by atoms with van der Waals surface area (Å²) in [5, 5.41) is 12.8. The van der Waals surface area contributed by atoms with Crippen LogP contribution in [0.3, 0.4) is 0 Å². The molecule has 0 aliphatic carbocycles. The lowest BCUT2D eigenvalue weighted by atomic mass is 9.92. The summed E-state index contributed by atoms with van der Waals surface area (Å²) in [5.41, 5.74) is 2.06. The number of carbonyl (C=O) groups is 1. The van der Waals surface area contributed by atoms with Crippen LogP contribution in [0.4, 0.5) is 0 Å². The van der Waals surface area contributed by atoms with Crippen LogP contribution in [0.5, 0.6) is 0 Å². The van der Waals surface area contributed by atoms with Crippen LogP contribution < -0.4 is 5.32 Å². The topological polar surface area (TPSA) is 58.6 Å². The molecule has 0 radical (unpaired) electrons. The summed E-state index contributed by atoms with van der Waals surface area (Å²) < 4.78 is 5.95. The first-order valence-electron chi connectivity index (χ1n) is 7.41. The minimum atomic E-state index is -0.938. The maximum atomic E-state index is 11.4. The number of rotatable bonds is 3. The Morgan fingerprint density at radius 2 is 1.55 bits per heavy atom. The minimum absolute atomic E-state index is 0.0748. The molecule has 2 aromatic rings. The van der Waals surface area contributed by atoms with Crippen molar-refractivity contribution in [2.24, 2.45) is 0 Å². The van der Waals surface area contributed by atoms with Gasteiger partial charge in [-0.25, -0.2) is 4.79 Å². The van der Waals surface area contributed by atoms with Gasteiger partial charge in [-0.05, 0) is 18.1 Å². The molecule has 4 atom stereocenters. The van der Waals surface area contributed by atoms with Crippen LogP contribution >= 0.6 is 0 Å². The first-order valence-corrected chi connectivity index (χ1v) is 7.41. The fraction of sp³-hybridized carbons (Fsp3) is 0.278. The summed E-state index contributed by atoms with van der Waals surface area (Å²) in [4.78, 5) is 11.4. The van der Waals surface area contributed by atoms with E-state index in [0.717, 1.165) is 11.1 Å². The molecule has 2 aromatic carbocycles. The maximum absolute atomic E-state index is 11.4. The summed E-state index contributed by atoms with van der Waals surface area (Å²) >= 11 is 0. The third kappa shape index (κ3) is 2.89. The Bertz CT molecular complexity index is 629. The molecule has 1 aliphatic rings. The Hall–Kier alpha value is -2.17. The zero-order valence-corrected chi connectivity index (χ0v) is 12.3. The van der Waals surface area contributed by atoms with Gasteiger partial charge in [-0.15, -0.1) is 0 Å². The highest BCUT2D eigenvalue weighted by atomic mass is 16.5. The van der Waals surface area contributed by atoms with Gasteiger partial charge in [0.1, 0.15) is 6.10 Å². The van der Waals surface area contributed by atoms with E-state index in [-0.39, 0.29) is 18.2 Å². The van der Waals surface area contributed by atoms with Gasteiger partial charge < -0.3 is 15.2 Å². The molecule has 0 bridgehead atoms. The maximum Gasteiger partial charge on any atom is 0.334 e. The SMILES string of the molecule is C[C@@H]1N[C@H](c2ccccc2)[C@H](c2ccccc2)O[C@H]1C(=O)O. The van der Waals surface area contributed by atoms with Crippen LogP contribution in [0.2, 0.25) is 0 Å². The third-order valence-corrected chi connectivity index (χ3v) is 4.02. The zero-order chi connectivity index (χ0) is 15.5. The number of ether oxygens (including phenoxy) is 1. The Kier molecular flexibility index (Phi) is 4.22. The average molecular weight is 297 g/mol. The highest BCUT2D eigenvalue weighted by Gasteiger charge is 2.40. The van der Waals surface area contributed by atoms with Gasteiger partial charge in [0.25, 0.3) is 0 Å². The number of carboxylic acid groups (broad SMARTS) is 1. The van der Waals surface area contributed by atoms with Gasteiger partial charge in [-0.3, -0.25) is 0 Å². The van der Waals surface area contributed by atoms with E-state index in [2.05, 4.69) is 5.32 Å². The highest BCUT2D eigenvalue weighted by molar-refractivity contribution is 5.73. The van der Waals surface area contributed by atoms with E-state index in [1.54, 1.807) is 0 Å². The molecule has 3 rings (SSSR count). The molecule has 1 fully saturated rings. The van der Waals surface area contributed by atoms with Gasteiger partial charge in [0.2, 0.25) is 0 Å². The summed E-state index contributed by atoms with van der Waals surface area (Å²) in [6, 6.07) is 19.4. The predicted molar refractivity (Wildman–Crippen MR) is 83.5 cm³/mol. The van der Waals surface area contributed by atoms with Crippen LogP contribution in [0, 0.1) is 0 Å². The predicted octanol–water partition coefficient (Wildman–Crippen LogP) is 2.93. The molecule has 114 valence electrons. The van der Waals surface area contributed by atoms with Gasteiger partial charge in [0.05, 0.1) is 6.04 Å². The van der Waals surface area contributed by atoms with E-state index in [9.17, 15) is 9.90 Å². The van der Waals surface area contributed by atoms with E-state index in [1.807, 2.05) is 67.6 Å². The number of hydrogen-bond acceptors (Lipinski definition) is 3. The molecule has 1 saturated heterocycles. The van der Waals surface area contributed by atoms with Crippen molar-refractivity contribution in [1.82, 2.24) is 5.32 Å². The zero-order valence-electron chi connectivity index (χ0n) is 12.3. The van der Waals surface area contributed by atoms with E-state index in [1.165, 1.54) is 0 Å². The molecular formula is C18H19NO3. The molecule has 0 saturated carbocycles. The average Bonchev–Trinajstić information content (AvgIpc) is 2.56. The van der Waals surface area contributed by atoms with Gasteiger partial charge in [-0.1, -0.05) is 60.7 Å². The second-order valence-corrected chi connectivity index (χ2v) is 5.57. The molecule has 4 heteroatoms. The van der Waals surface area contributed by atoms with Gasteiger partial charge in [0, 0.05) is 6.04 Å². The fourth-order valence-corrected chi connectivity index (χ4v) is 2.93. The number of hydrogen-bond donors (Lipinski definition) is 2. The molecular weight excluding hydrogens is 278 g/mol. The molecule has 4 nitrogen and oxygen atoms in total. The van der Waals surface area contributed by atoms with Crippen LogP contribution in [0.15, 0.2) is 60.7 Å². The molecule has 0 amide bonds. The molecule has 0 unspecified atom stereocenters. The minimum Gasteiger partial charge on any atom is -0.479 e. The van der Waals surface area contributed by atoms with Crippen molar-refractivity contribution in [2.45, 2.75) is 31.2 Å². The number of aliphatic carboxylic acids is 1. The van der Waals surface area contributed by atoms with Gasteiger partial charge >= 0.3 is 5.97 Å². The Labute approximate surface area is 129 Å². The number of benzene rings is 2. The standard InChI is InChI=1S/C18H19NO3/c1-12-16(18(20)21)22-17(14-10-6-3-7-11-14)15(19-12)13-8-4-2-5-9-13/h2-12,15-17,19H,1H3,(H,20,21)/t12-,15+,16+,17-/m0/s1. The van der Waals surface area contributed by atoms with Crippen molar-refractivity contribution < 1.29 is 14.6 Å². The molecule has 22 heavy (non-hydrogen) atoms. The molecule has 0 aromatic heterocycles. The summed E-state index contributed by atoms with van der Waals surface area (Å²) in [6.45, 7) is 1.84. The lowest BCUT2D eigenvalue weighted by molar-refractivity contribution is -0.165. The van der Waals surface area contributed by atoms with E-state index < -0.39 is 12.1 Å². The summed E-state index contributed by atoms with van der Waals surface area (Å²) in [6.07, 6.45) is -1.19. The van der Waals surface area contributed by atoms with E-state index in [0.29, 0.717) is 0 Å². The van der Waals surface area contributed by atoms with Crippen LogP contribution in [-0.2, 0) is 9.53 Å². The third-order valence-electron chi connectivity index (χ3n) is 4.02. The van der Waals surface area contributed by atoms with Crippen molar-refractivity contribution in [1.29, 1.82) is 0 Å². The van der Waals surface area contributed by atoms with Crippen molar-refractivity contribution in [2.75, 3.05) is 0 Å². The van der Waals surface area contributed by atoms with E-state index >= 15 is 0 Å². The number of morpholine rings is 1. The summed E-state index contributed by atoms with van der Waals surface area (Å²) in [5.74, 6) is -0.938. The smallest absolute Gasteiger partial charge is 0.334 e. The lowest BCUT2D eigenvalue weighted by Gasteiger charge is -2.40. The second-order valence-electron chi connectivity index (χ2n) is 5.57. The van der Waals surface area contributed by atoms with Crippen LogP contribution in [0.25, 0.3) is 0 Å². The van der Waals surface area contributed by atoms with Crippen molar-refractivity contribution in [3.63, 3.8) is 0 Å². The molecule has 2 N–H and O–H groups in total. The van der Waals surface area contributed by atoms with E-state index in [4.69, 9.17) is 4.74 Å². The van der Waals surface area contributed by atoms with Crippen LogP contribution in [-0.4, -0.2) is 23.2 Å². The van der Waals surface area contributed by atoms with Gasteiger partial charge in [-0.2, -0.15) is 0 Å². The van der Waals surface area contributed by atoms with Gasteiger partial charge in [0.15, 0.2) is 6.10 Å². The molecule has 1 heterocycles. The van der Waals surface area contributed by atoms with Crippen molar-refractivity contribution in [3.05, 3.63) is 71.8 Å². The lowest BCUT2D eigenvalue weighted by Crippen LogP contribution is -2.52. The Morgan fingerprint density at radius 3 is 2.09 bits per heavy atom. The monoisotopic (exact) mass is 297 g/mol. The highest BCUT2D eigenvalue weighted by Crippen LogP contribution is 2.37. The molecule has 0 spiro atoms. The number of carboxylic acids is 1. The van der Waals surface area contributed by atoms with Crippen molar-refractivity contribution >= 4 is 5.97 Å².